The van der Waals surface area contributed by atoms with E-state index in [0.29, 0.717) is 17.9 Å². The molecule has 4 heteroatoms. The van der Waals surface area contributed by atoms with Gasteiger partial charge < -0.3 is 11.1 Å². The first kappa shape index (κ1) is 12.4. The standard InChI is InChI=1S/C14H17N3O/c1-2-3-8-16-14(18)13-9-11(15)10-6-4-5-7-12(10)17-13/h4-7,9H,2-3,8H2,1H3,(H2,15,17)(H,16,18). The van der Waals surface area contributed by atoms with Crippen molar-refractivity contribution in [3.8, 4) is 0 Å². The molecule has 0 aliphatic rings. The van der Waals surface area contributed by atoms with Gasteiger partial charge in [0.2, 0.25) is 0 Å². The van der Waals surface area contributed by atoms with Crippen molar-refractivity contribution < 1.29 is 4.79 Å². The van der Waals surface area contributed by atoms with Crippen molar-refractivity contribution in [2.45, 2.75) is 19.8 Å². The molecule has 94 valence electrons. The third-order valence-electron chi connectivity index (χ3n) is 2.80. The number of para-hydroxylation sites is 1. The fraction of sp³-hybridized carbons (Fsp3) is 0.286. The Kier molecular flexibility index (Phi) is 3.77. The average molecular weight is 243 g/mol. The number of amides is 1. The molecule has 18 heavy (non-hydrogen) atoms. The molecule has 2 rings (SSSR count). The highest BCUT2D eigenvalue weighted by Gasteiger charge is 2.09. The summed E-state index contributed by atoms with van der Waals surface area (Å²) in [6, 6.07) is 9.17. The van der Waals surface area contributed by atoms with Crippen molar-refractivity contribution in [1.29, 1.82) is 0 Å². The number of hydrogen-bond acceptors (Lipinski definition) is 3. The number of aromatic nitrogens is 1. The van der Waals surface area contributed by atoms with Crippen LogP contribution in [0.25, 0.3) is 10.9 Å². The first-order chi connectivity index (χ1) is 8.72. The molecule has 0 aliphatic heterocycles. The smallest absolute Gasteiger partial charge is 0.269 e. The van der Waals surface area contributed by atoms with Gasteiger partial charge in [-0.3, -0.25) is 4.79 Å². The average Bonchev–Trinajstić information content (AvgIpc) is 2.39. The topological polar surface area (TPSA) is 68.0 Å². The summed E-state index contributed by atoms with van der Waals surface area (Å²) in [7, 11) is 0. The first-order valence-corrected chi connectivity index (χ1v) is 6.16. The van der Waals surface area contributed by atoms with E-state index in [1.165, 1.54) is 0 Å². The van der Waals surface area contributed by atoms with Crippen LogP contribution in [0.5, 0.6) is 0 Å². The van der Waals surface area contributed by atoms with Crippen LogP contribution in [0.2, 0.25) is 0 Å². The molecule has 1 aromatic heterocycles. The number of nitrogens with zero attached hydrogens (tertiary/aromatic N) is 1. The Hall–Kier alpha value is -2.10. The molecule has 0 spiro atoms. The molecule has 0 fully saturated rings. The number of hydrogen-bond donors (Lipinski definition) is 2. The number of nitrogens with one attached hydrogen (secondary N) is 1. The van der Waals surface area contributed by atoms with Crippen molar-refractivity contribution in [3.05, 3.63) is 36.0 Å². The summed E-state index contributed by atoms with van der Waals surface area (Å²) in [5.41, 5.74) is 7.64. The molecule has 0 saturated carbocycles. The van der Waals surface area contributed by atoms with E-state index in [1.807, 2.05) is 24.3 Å². The second-order valence-electron chi connectivity index (χ2n) is 4.22. The van der Waals surface area contributed by atoms with Gasteiger partial charge in [0.05, 0.1) is 5.52 Å². The van der Waals surface area contributed by atoms with Crippen LogP contribution < -0.4 is 11.1 Å². The van der Waals surface area contributed by atoms with Crippen LogP contribution in [-0.2, 0) is 0 Å². The zero-order valence-electron chi connectivity index (χ0n) is 10.4. The SMILES string of the molecule is CCCCNC(=O)c1cc(N)c2ccccc2n1. The summed E-state index contributed by atoms with van der Waals surface area (Å²) >= 11 is 0. The number of anilines is 1. The molecule has 0 atom stereocenters. The van der Waals surface area contributed by atoms with Gasteiger partial charge in [-0.1, -0.05) is 31.5 Å². The lowest BCUT2D eigenvalue weighted by molar-refractivity contribution is 0.0948. The number of nitrogens with two attached hydrogens (primary N) is 1. The number of nitrogen functional groups attached to an aromatic ring is 1. The maximum atomic E-state index is 11.9. The minimum atomic E-state index is -0.166. The summed E-state index contributed by atoms with van der Waals surface area (Å²) < 4.78 is 0. The zero-order valence-corrected chi connectivity index (χ0v) is 10.4. The summed E-state index contributed by atoms with van der Waals surface area (Å²) in [4.78, 5) is 16.2. The lowest BCUT2D eigenvalue weighted by Gasteiger charge is -2.07. The van der Waals surface area contributed by atoms with Crippen molar-refractivity contribution >= 4 is 22.5 Å². The Bertz CT molecular complexity index is 566. The van der Waals surface area contributed by atoms with Crippen LogP contribution in [0.1, 0.15) is 30.3 Å². The van der Waals surface area contributed by atoms with Crippen molar-refractivity contribution in [2.24, 2.45) is 0 Å². The van der Waals surface area contributed by atoms with Gasteiger partial charge >= 0.3 is 0 Å². The molecule has 0 bridgehead atoms. The first-order valence-electron chi connectivity index (χ1n) is 6.16. The molecular formula is C14H17N3O. The van der Waals surface area contributed by atoms with Crippen molar-refractivity contribution in [2.75, 3.05) is 12.3 Å². The lowest BCUT2D eigenvalue weighted by Crippen LogP contribution is -2.25. The second kappa shape index (κ2) is 5.49. The quantitative estimate of drug-likeness (QED) is 0.810. The molecule has 1 heterocycles. The molecule has 3 N–H and O–H groups in total. The molecule has 0 saturated heterocycles. The van der Waals surface area contributed by atoms with E-state index in [9.17, 15) is 4.79 Å². The van der Waals surface area contributed by atoms with Crippen LogP contribution in [0.4, 0.5) is 5.69 Å². The van der Waals surface area contributed by atoms with E-state index in [0.717, 1.165) is 23.7 Å². The molecule has 0 unspecified atom stereocenters. The molecule has 0 radical (unpaired) electrons. The zero-order chi connectivity index (χ0) is 13.0. The fourth-order valence-electron chi connectivity index (χ4n) is 1.79. The number of fused-ring (bicyclic) bond motifs is 1. The molecule has 1 amide bonds. The minimum absolute atomic E-state index is 0.166. The van der Waals surface area contributed by atoms with Crippen LogP contribution in [0.15, 0.2) is 30.3 Å². The lowest BCUT2D eigenvalue weighted by atomic mass is 10.1. The molecular weight excluding hydrogens is 226 g/mol. The van der Waals surface area contributed by atoms with E-state index < -0.39 is 0 Å². The number of rotatable bonds is 4. The number of carbonyl (C=O) groups is 1. The highest BCUT2D eigenvalue weighted by Crippen LogP contribution is 2.19. The normalized spacial score (nSPS) is 10.5. The number of pyridine rings is 1. The van der Waals surface area contributed by atoms with Crippen LogP contribution >= 0.6 is 0 Å². The molecule has 0 aliphatic carbocycles. The molecule has 4 nitrogen and oxygen atoms in total. The van der Waals surface area contributed by atoms with Crippen LogP contribution in [0.3, 0.4) is 0 Å². The molecule has 1 aromatic carbocycles. The van der Waals surface area contributed by atoms with Gasteiger partial charge in [-0.05, 0) is 18.6 Å². The van der Waals surface area contributed by atoms with Crippen LogP contribution in [0, 0.1) is 0 Å². The Morgan fingerprint density at radius 2 is 2.17 bits per heavy atom. The third-order valence-corrected chi connectivity index (χ3v) is 2.80. The number of unbranched alkanes of at least 4 members (excludes halogenated alkanes) is 1. The van der Waals surface area contributed by atoms with E-state index in [2.05, 4.69) is 17.2 Å². The number of benzene rings is 1. The minimum Gasteiger partial charge on any atom is -0.398 e. The van der Waals surface area contributed by atoms with Gasteiger partial charge in [-0.2, -0.15) is 0 Å². The number of carbonyl (C=O) groups excluding carboxylic acids is 1. The predicted octanol–water partition coefficient (Wildman–Crippen LogP) is 2.35. The third kappa shape index (κ3) is 2.59. The molecule has 2 aromatic rings. The Morgan fingerprint density at radius 1 is 1.39 bits per heavy atom. The monoisotopic (exact) mass is 243 g/mol. The Morgan fingerprint density at radius 3 is 2.94 bits per heavy atom. The van der Waals surface area contributed by atoms with Gasteiger partial charge in [0, 0.05) is 17.6 Å². The van der Waals surface area contributed by atoms with Crippen molar-refractivity contribution in [3.63, 3.8) is 0 Å². The highest BCUT2D eigenvalue weighted by molar-refractivity contribution is 5.99. The van der Waals surface area contributed by atoms with Gasteiger partial charge in [0.25, 0.3) is 5.91 Å². The van der Waals surface area contributed by atoms with Gasteiger partial charge in [-0.15, -0.1) is 0 Å². The summed E-state index contributed by atoms with van der Waals surface area (Å²) in [5.74, 6) is -0.166. The van der Waals surface area contributed by atoms with E-state index in [4.69, 9.17) is 5.73 Å². The fourth-order valence-corrected chi connectivity index (χ4v) is 1.79. The largest absolute Gasteiger partial charge is 0.398 e. The van der Waals surface area contributed by atoms with E-state index in [-0.39, 0.29) is 5.91 Å². The van der Waals surface area contributed by atoms with Gasteiger partial charge in [0.1, 0.15) is 5.69 Å². The summed E-state index contributed by atoms with van der Waals surface area (Å²) in [5, 5.41) is 3.71. The summed E-state index contributed by atoms with van der Waals surface area (Å²) in [6.07, 6.45) is 2.02. The maximum Gasteiger partial charge on any atom is 0.269 e. The second-order valence-corrected chi connectivity index (χ2v) is 4.22. The summed E-state index contributed by atoms with van der Waals surface area (Å²) in [6.45, 7) is 2.75. The van der Waals surface area contributed by atoms with Crippen molar-refractivity contribution in [1.82, 2.24) is 10.3 Å². The van der Waals surface area contributed by atoms with E-state index in [1.54, 1.807) is 6.07 Å². The van der Waals surface area contributed by atoms with Gasteiger partial charge in [0.15, 0.2) is 0 Å². The van der Waals surface area contributed by atoms with Gasteiger partial charge in [-0.25, -0.2) is 4.98 Å². The predicted molar refractivity (Wildman–Crippen MR) is 73.4 cm³/mol. The highest BCUT2D eigenvalue weighted by atomic mass is 16.1. The van der Waals surface area contributed by atoms with Crippen LogP contribution in [-0.4, -0.2) is 17.4 Å². The Balaban J connectivity index is 2.26. The Labute approximate surface area is 106 Å². The maximum absolute atomic E-state index is 11.9. The van der Waals surface area contributed by atoms with E-state index >= 15 is 0 Å².